The van der Waals surface area contributed by atoms with Crippen molar-refractivity contribution in [2.75, 3.05) is 6.61 Å². The number of benzene rings is 1. The molecule has 0 spiro atoms. The maximum absolute atomic E-state index is 12.3. The molecule has 0 amide bonds. The summed E-state index contributed by atoms with van der Waals surface area (Å²) in [5.74, 6) is -0.931. The molecule has 116 valence electrons. The minimum Gasteiger partial charge on any atom is -0.466 e. The third-order valence-electron chi connectivity index (χ3n) is 2.43. The summed E-state index contributed by atoms with van der Waals surface area (Å²) in [7, 11) is 0. The number of hydrogen-bond acceptors (Lipinski definition) is 5. The summed E-state index contributed by atoms with van der Waals surface area (Å²) in [6.07, 6.45) is -0.398. The number of halogens is 3. The summed E-state index contributed by atoms with van der Waals surface area (Å²) < 4.78 is 33.5. The van der Waals surface area contributed by atoms with Crippen LogP contribution in [0.2, 0.25) is 0 Å². The molecule has 9 heteroatoms. The van der Waals surface area contributed by atoms with E-state index in [1.54, 1.807) is 6.92 Å². The van der Waals surface area contributed by atoms with Gasteiger partial charge in [0.2, 0.25) is 0 Å². The molecule has 0 unspecified atom stereocenters. The Morgan fingerprint density at radius 1 is 1.43 bits per heavy atom. The van der Waals surface area contributed by atoms with Crippen molar-refractivity contribution in [3.63, 3.8) is 0 Å². The van der Waals surface area contributed by atoms with Gasteiger partial charge in [0.25, 0.3) is 5.69 Å². The van der Waals surface area contributed by atoms with E-state index in [1.807, 2.05) is 0 Å². The first-order valence-electron chi connectivity index (χ1n) is 5.85. The number of alkyl halides is 3. The average molecular weight is 368 g/mol. The van der Waals surface area contributed by atoms with Crippen LogP contribution in [0, 0.1) is 10.1 Å². The highest BCUT2D eigenvalue weighted by atomic mass is 79.9. The normalized spacial score (nSPS) is 10.5. The number of ether oxygens (including phenoxy) is 2. The number of rotatable bonds is 7. The van der Waals surface area contributed by atoms with E-state index < -0.39 is 23.9 Å². The molecule has 0 aliphatic carbocycles. The van der Waals surface area contributed by atoms with E-state index in [4.69, 9.17) is 4.74 Å². The Hall–Kier alpha value is -1.77. The minimum absolute atomic E-state index is 0.0361. The highest BCUT2D eigenvalue weighted by molar-refractivity contribution is 9.08. The van der Waals surface area contributed by atoms with Crippen LogP contribution in [0.5, 0.6) is 5.75 Å². The zero-order chi connectivity index (χ0) is 16.0. The number of carbonyl (C=O) groups is 1. The highest BCUT2D eigenvalue weighted by Crippen LogP contribution is 2.32. The molecule has 21 heavy (non-hydrogen) atoms. The van der Waals surface area contributed by atoms with Gasteiger partial charge in [-0.25, -0.2) is 0 Å². The number of esters is 1. The van der Waals surface area contributed by atoms with Gasteiger partial charge in [-0.05, 0) is 19.1 Å². The lowest BCUT2D eigenvalue weighted by Gasteiger charge is -2.10. The van der Waals surface area contributed by atoms with Crippen LogP contribution in [0.15, 0.2) is 12.1 Å². The Bertz CT molecular complexity index is 539. The van der Waals surface area contributed by atoms with E-state index in [1.165, 1.54) is 0 Å². The van der Waals surface area contributed by atoms with E-state index in [0.717, 1.165) is 12.1 Å². The van der Waals surface area contributed by atoms with Crippen molar-refractivity contribution in [3.8, 4) is 5.75 Å². The number of hydrogen-bond donors (Lipinski definition) is 0. The van der Waals surface area contributed by atoms with E-state index in [9.17, 15) is 23.7 Å². The summed E-state index contributed by atoms with van der Waals surface area (Å²) in [5.41, 5.74) is -0.218. The first-order chi connectivity index (χ1) is 9.88. The van der Waals surface area contributed by atoms with Gasteiger partial charge in [-0.2, -0.15) is 8.78 Å². The van der Waals surface area contributed by atoms with E-state index in [2.05, 4.69) is 20.7 Å². The Morgan fingerprint density at radius 3 is 2.52 bits per heavy atom. The first-order valence-corrected chi connectivity index (χ1v) is 6.97. The number of nitro groups is 1. The lowest BCUT2D eigenvalue weighted by molar-refractivity contribution is -0.386. The second kappa shape index (κ2) is 7.87. The van der Waals surface area contributed by atoms with Crippen LogP contribution in [-0.4, -0.2) is 24.1 Å². The predicted molar refractivity (Wildman–Crippen MR) is 72.7 cm³/mol. The lowest BCUT2D eigenvalue weighted by Crippen LogP contribution is -2.11. The number of nitrogens with zero attached hydrogens (tertiary/aromatic N) is 1. The third-order valence-corrected chi connectivity index (χ3v) is 3.04. The molecule has 0 N–H and O–H groups in total. The van der Waals surface area contributed by atoms with Crippen molar-refractivity contribution in [2.24, 2.45) is 0 Å². The molecule has 1 rings (SSSR count). The Balaban J connectivity index is 3.27. The van der Waals surface area contributed by atoms with E-state index in [0.29, 0.717) is 0 Å². The summed E-state index contributed by atoms with van der Waals surface area (Å²) in [5, 5.41) is 11.2. The minimum atomic E-state index is -3.06. The summed E-state index contributed by atoms with van der Waals surface area (Å²) >= 11 is 3.04. The van der Waals surface area contributed by atoms with Crippen LogP contribution in [-0.2, 0) is 21.3 Å². The fourth-order valence-electron chi connectivity index (χ4n) is 1.74. The van der Waals surface area contributed by atoms with Gasteiger partial charge in [0.1, 0.15) is 5.75 Å². The first kappa shape index (κ1) is 17.3. The van der Waals surface area contributed by atoms with Crippen LogP contribution in [0.25, 0.3) is 0 Å². The summed E-state index contributed by atoms with van der Waals surface area (Å²) in [6.45, 7) is -1.36. The van der Waals surface area contributed by atoms with E-state index >= 15 is 0 Å². The molecule has 0 saturated heterocycles. The fraction of sp³-hybridized carbons (Fsp3) is 0.417. The molecule has 0 aliphatic rings. The van der Waals surface area contributed by atoms with Crippen LogP contribution in [0.1, 0.15) is 18.1 Å². The van der Waals surface area contributed by atoms with Crippen molar-refractivity contribution in [3.05, 3.63) is 33.4 Å². The van der Waals surface area contributed by atoms with Gasteiger partial charge < -0.3 is 9.47 Å². The molecule has 0 fully saturated rings. The molecule has 1 aromatic carbocycles. The average Bonchev–Trinajstić information content (AvgIpc) is 2.36. The topological polar surface area (TPSA) is 78.7 Å². The molecule has 0 bridgehead atoms. The highest BCUT2D eigenvalue weighted by Gasteiger charge is 2.24. The maximum Gasteiger partial charge on any atom is 0.387 e. The van der Waals surface area contributed by atoms with Gasteiger partial charge >= 0.3 is 12.6 Å². The second-order valence-electron chi connectivity index (χ2n) is 3.84. The lowest BCUT2D eigenvalue weighted by atomic mass is 10.0. The van der Waals surface area contributed by atoms with E-state index in [-0.39, 0.29) is 34.5 Å². The molecule has 0 atom stereocenters. The van der Waals surface area contributed by atoms with Gasteiger partial charge in [-0.1, -0.05) is 15.9 Å². The molecular formula is C12H12BrF2NO5. The van der Waals surface area contributed by atoms with Crippen LogP contribution >= 0.6 is 15.9 Å². The van der Waals surface area contributed by atoms with Crippen molar-refractivity contribution in [1.82, 2.24) is 0 Å². The number of carbonyl (C=O) groups excluding carboxylic acids is 1. The molecule has 6 nitrogen and oxygen atoms in total. The molecule has 0 aromatic heterocycles. The molecule has 0 saturated carbocycles. The predicted octanol–water partition coefficient (Wildman–Crippen LogP) is 3.20. The zero-order valence-corrected chi connectivity index (χ0v) is 12.6. The standard InChI is InChI=1S/C12H12BrF2NO5/c1-2-20-10(17)5-7-3-9(21-12(14)15)4-8(6-13)11(7)16(18)19/h3-4,12H,2,5-6H2,1H3. The number of nitro benzene ring substituents is 1. The van der Waals surface area contributed by atoms with Crippen LogP contribution in [0.4, 0.5) is 14.5 Å². The van der Waals surface area contributed by atoms with Crippen molar-refractivity contribution in [2.45, 2.75) is 25.3 Å². The third kappa shape index (κ3) is 4.92. The molecule has 0 radical (unpaired) electrons. The largest absolute Gasteiger partial charge is 0.466 e. The fourth-order valence-corrected chi connectivity index (χ4v) is 2.17. The Morgan fingerprint density at radius 2 is 2.05 bits per heavy atom. The SMILES string of the molecule is CCOC(=O)Cc1cc(OC(F)F)cc(CBr)c1[N+](=O)[O-]. The smallest absolute Gasteiger partial charge is 0.387 e. The molecule has 0 aliphatic heterocycles. The summed E-state index contributed by atoms with van der Waals surface area (Å²) in [4.78, 5) is 21.9. The quantitative estimate of drug-likeness (QED) is 0.320. The van der Waals surface area contributed by atoms with Crippen molar-refractivity contribution >= 4 is 27.6 Å². The van der Waals surface area contributed by atoms with Gasteiger partial charge in [0.15, 0.2) is 0 Å². The maximum atomic E-state index is 12.3. The van der Waals surface area contributed by atoms with Crippen molar-refractivity contribution < 1.29 is 28.0 Å². The van der Waals surface area contributed by atoms with Gasteiger partial charge in [-0.3, -0.25) is 14.9 Å². The van der Waals surface area contributed by atoms with Gasteiger partial charge in [-0.15, -0.1) is 0 Å². The van der Waals surface area contributed by atoms with Crippen LogP contribution in [0.3, 0.4) is 0 Å². The molecular weight excluding hydrogens is 356 g/mol. The Labute approximate surface area is 127 Å². The summed E-state index contributed by atoms with van der Waals surface area (Å²) in [6, 6.07) is 2.18. The second-order valence-corrected chi connectivity index (χ2v) is 4.40. The van der Waals surface area contributed by atoms with Gasteiger partial charge in [0, 0.05) is 16.5 Å². The Kier molecular flexibility index (Phi) is 6.47. The molecule has 1 aromatic rings. The van der Waals surface area contributed by atoms with Crippen LogP contribution < -0.4 is 4.74 Å². The molecule has 0 heterocycles. The monoisotopic (exact) mass is 367 g/mol. The van der Waals surface area contributed by atoms with Crippen molar-refractivity contribution in [1.29, 1.82) is 0 Å². The zero-order valence-electron chi connectivity index (χ0n) is 11.0. The van der Waals surface area contributed by atoms with Gasteiger partial charge in [0.05, 0.1) is 18.0 Å².